The summed E-state index contributed by atoms with van der Waals surface area (Å²) in [6.07, 6.45) is 1.02. The predicted octanol–water partition coefficient (Wildman–Crippen LogP) is -0.138. The number of hydrogen-bond acceptors (Lipinski definition) is 4. The van der Waals surface area contributed by atoms with Crippen molar-refractivity contribution in [2.24, 2.45) is 0 Å². The number of sulfone groups is 1. The smallest absolute Gasteiger partial charge is 0.244 e. The minimum absolute atomic E-state index is 0.0968. The Hall–Kier alpha value is -0.620. The number of aromatic amines is 1. The number of nitrogens with one attached hydrogen (secondary N) is 1. The van der Waals surface area contributed by atoms with E-state index in [4.69, 9.17) is 11.6 Å². The minimum Gasteiger partial charge on any atom is -0.249 e. The van der Waals surface area contributed by atoms with E-state index in [1.807, 2.05) is 0 Å². The Labute approximate surface area is 62.3 Å². The lowest BCUT2D eigenvalue weighted by Crippen LogP contribution is -1.98. The van der Waals surface area contributed by atoms with Gasteiger partial charge in [-0.1, -0.05) is 0 Å². The van der Waals surface area contributed by atoms with Crippen LogP contribution in [0.3, 0.4) is 0 Å². The molecule has 0 aromatic carbocycles. The zero-order chi connectivity index (χ0) is 7.78. The Bertz CT molecular complexity index is 329. The highest BCUT2D eigenvalue weighted by Crippen LogP contribution is 2.03. The molecule has 0 radical (unpaired) electrons. The molecule has 10 heavy (non-hydrogen) atoms. The number of halogens is 1. The summed E-state index contributed by atoms with van der Waals surface area (Å²) >= 11 is 5.25. The van der Waals surface area contributed by atoms with E-state index in [1.165, 1.54) is 0 Å². The van der Waals surface area contributed by atoms with Crippen LogP contribution in [0.4, 0.5) is 0 Å². The van der Waals surface area contributed by atoms with Gasteiger partial charge in [-0.3, -0.25) is 0 Å². The van der Waals surface area contributed by atoms with E-state index in [2.05, 4.69) is 15.2 Å². The van der Waals surface area contributed by atoms with Gasteiger partial charge in [-0.2, -0.15) is 4.98 Å². The van der Waals surface area contributed by atoms with Crippen LogP contribution in [0.15, 0.2) is 5.16 Å². The average molecular weight is 182 g/mol. The molecule has 0 saturated carbocycles. The number of rotatable bonds is 1. The van der Waals surface area contributed by atoms with Crippen LogP contribution < -0.4 is 0 Å². The molecule has 0 spiro atoms. The number of hydrogen-bond donors (Lipinski definition) is 1. The van der Waals surface area contributed by atoms with Crippen molar-refractivity contribution in [3.63, 3.8) is 0 Å². The summed E-state index contributed by atoms with van der Waals surface area (Å²) in [5, 5.41) is 5.19. The van der Waals surface area contributed by atoms with Gasteiger partial charge >= 0.3 is 0 Å². The van der Waals surface area contributed by atoms with Gasteiger partial charge in [0.05, 0.1) is 0 Å². The van der Waals surface area contributed by atoms with Crippen LogP contribution in [0, 0.1) is 0 Å². The Balaban J connectivity index is 3.21. The fraction of sp³-hybridized carbons (Fsp3) is 0.333. The molecule has 0 aliphatic rings. The highest BCUT2D eigenvalue weighted by atomic mass is 35.5. The summed E-state index contributed by atoms with van der Waals surface area (Å²) in [7, 11) is -3.30. The van der Waals surface area contributed by atoms with Crippen molar-refractivity contribution in [1.29, 1.82) is 0 Å². The van der Waals surface area contributed by atoms with Crippen molar-refractivity contribution in [2.45, 2.75) is 5.16 Å². The largest absolute Gasteiger partial charge is 0.249 e. The fourth-order valence-electron chi connectivity index (χ4n) is 0.394. The Morgan fingerprint density at radius 3 is 2.40 bits per heavy atom. The maximum atomic E-state index is 10.7. The lowest BCUT2D eigenvalue weighted by molar-refractivity contribution is 0.594. The molecule has 0 aliphatic carbocycles. The van der Waals surface area contributed by atoms with Crippen LogP contribution in [0.25, 0.3) is 0 Å². The normalized spacial score (nSPS) is 11.8. The van der Waals surface area contributed by atoms with E-state index in [9.17, 15) is 8.42 Å². The van der Waals surface area contributed by atoms with Crippen molar-refractivity contribution in [3.8, 4) is 0 Å². The minimum atomic E-state index is -3.30. The van der Waals surface area contributed by atoms with Crippen molar-refractivity contribution >= 4 is 21.4 Å². The van der Waals surface area contributed by atoms with E-state index in [-0.39, 0.29) is 10.4 Å². The van der Waals surface area contributed by atoms with Crippen LogP contribution in [0.2, 0.25) is 5.28 Å². The molecule has 1 aromatic rings. The molecule has 1 N–H and O–H groups in total. The fourth-order valence-corrected chi connectivity index (χ4v) is 1.03. The van der Waals surface area contributed by atoms with Crippen LogP contribution in [-0.4, -0.2) is 29.9 Å². The molecule has 56 valence electrons. The van der Waals surface area contributed by atoms with Crippen LogP contribution in [0.1, 0.15) is 0 Å². The van der Waals surface area contributed by atoms with E-state index in [0.717, 1.165) is 6.26 Å². The summed E-state index contributed by atoms with van der Waals surface area (Å²) in [4.78, 5) is 3.39. The van der Waals surface area contributed by atoms with Gasteiger partial charge in [0.2, 0.25) is 20.3 Å². The third-order valence-electron chi connectivity index (χ3n) is 0.789. The van der Waals surface area contributed by atoms with Gasteiger partial charge < -0.3 is 0 Å². The number of nitrogens with zero attached hydrogens (tertiary/aromatic N) is 2. The lowest BCUT2D eigenvalue weighted by atomic mass is 11.3. The third-order valence-corrected chi connectivity index (χ3v) is 1.84. The second kappa shape index (κ2) is 2.21. The molecule has 0 fully saturated rings. The highest BCUT2D eigenvalue weighted by Gasteiger charge is 2.11. The first-order chi connectivity index (χ1) is 4.50. The number of aromatic nitrogens is 3. The zero-order valence-electron chi connectivity index (χ0n) is 5.00. The molecule has 0 aliphatic heterocycles. The van der Waals surface area contributed by atoms with Crippen molar-refractivity contribution in [1.82, 2.24) is 15.2 Å². The van der Waals surface area contributed by atoms with Gasteiger partial charge in [-0.15, -0.1) is 5.10 Å². The van der Waals surface area contributed by atoms with Gasteiger partial charge in [0.15, 0.2) is 0 Å². The summed E-state index contributed by atoms with van der Waals surface area (Å²) in [5.41, 5.74) is 0. The van der Waals surface area contributed by atoms with Crippen LogP contribution >= 0.6 is 11.6 Å². The summed E-state index contributed by atoms with van der Waals surface area (Å²) < 4.78 is 21.3. The van der Waals surface area contributed by atoms with E-state index in [0.29, 0.717) is 0 Å². The molecular formula is C3H4ClN3O2S. The Morgan fingerprint density at radius 2 is 2.20 bits per heavy atom. The second-order valence-electron chi connectivity index (χ2n) is 1.68. The number of H-pyrrole nitrogens is 1. The van der Waals surface area contributed by atoms with Crippen molar-refractivity contribution in [2.75, 3.05) is 6.26 Å². The molecular weight excluding hydrogens is 178 g/mol. The standard InChI is InChI=1S/C3H4ClN3O2S/c1-10(8,9)3-5-2(4)6-7-3/h1H3,(H,5,6,7). The van der Waals surface area contributed by atoms with Gasteiger partial charge in [-0.25, -0.2) is 13.5 Å². The molecule has 7 heteroatoms. The summed E-state index contributed by atoms with van der Waals surface area (Å²) in [6.45, 7) is 0. The van der Waals surface area contributed by atoms with Gasteiger partial charge in [0.25, 0.3) is 0 Å². The first-order valence-electron chi connectivity index (χ1n) is 2.28. The average Bonchev–Trinajstić information content (AvgIpc) is 2.11. The summed E-state index contributed by atoms with van der Waals surface area (Å²) in [5.74, 6) is 0. The maximum absolute atomic E-state index is 10.7. The van der Waals surface area contributed by atoms with Crippen molar-refractivity contribution in [3.05, 3.63) is 5.28 Å². The molecule has 1 aromatic heterocycles. The molecule has 0 saturated heterocycles. The summed E-state index contributed by atoms with van der Waals surface area (Å²) in [6, 6.07) is 0. The Kier molecular flexibility index (Phi) is 1.65. The molecule has 0 atom stereocenters. The molecule has 0 amide bonds. The van der Waals surface area contributed by atoms with Crippen molar-refractivity contribution < 1.29 is 8.42 Å². The monoisotopic (exact) mass is 181 g/mol. The first-order valence-corrected chi connectivity index (χ1v) is 4.55. The van der Waals surface area contributed by atoms with E-state index < -0.39 is 9.84 Å². The second-order valence-corrected chi connectivity index (χ2v) is 3.95. The quantitative estimate of drug-likeness (QED) is 0.655. The van der Waals surface area contributed by atoms with Gasteiger partial charge in [0.1, 0.15) is 0 Å². The maximum Gasteiger partial charge on any atom is 0.244 e. The lowest BCUT2D eigenvalue weighted by Gasteiger charge is -1.84. The zero-order valence-corrected chi connectivity index (χ0v) is 6.57. The molecule has 0 bridgehead atoms. The van der Waals surface area contributed by atoms with Gasteiger partial charge in [-0.05, 0) is 11.6 Å². The molecule has 1 rings (SSSR count). The van der Waals surface area contributed by atoms with Gasteiger partial charge in [0, 0.05) is 6.26 Å². The SMILES string of the molecule is CS(=O)(=O)c1nc(Cl)n[nH]1. The molecule has 0 unspecified atom stereocenters. The third kappa shape index (κ3) is 1.45. The van der Waals surface area contributed by atoms with E-state index in [1.54, 1.807) is 0 Å². The van der Waals surface area contributed by atoms with E-state index >= 15 is 0 Å². The molecule has 1 heterocycles. The Morgan fingerprint density at radius 1 is 1.60 bits per heavy atom. The first kappa shape index (κ1) is 7.49. The molecule has 5 nitrogen and oxygen atoms in total. The van der Waals surface area contributed by atoms with Crippen LogP contribution in [0.5, 0.6) is 0 Å². The highest BCUT2D eigenvalue weighted by molar-refractivity contribution is 7.90. The van der Waals surface area contributed by atoms with Crippen LogP contribution in [-0.2, 0) is 9.84 Å². The topological polar surface area (TPSA) is 75.7 Å². The predicted molar refractivity (Wildman–Crippen MR) is 34.5 cm³/mol.